The van der Waals surface area contributed by atoms with Crippen molar-refractivity contribution in [3.8, 4) is 17.2 Å². The van der Waals surface area contributed by atoms with Gasteiger partial charge in [0.15, 0.2) is 11.5 Å². The summed E-state index contributed by atoms with van der Waals surface area (Å²) >= 11 is 0. The molecule has 0 aromatic heterocycles. The lowest BCUT2D eigenvalue weighted by Crippen LogP contribution is -2.12. The second-order valence-corrected chi connectivity index (χ2v) is 3.17. The van der Waals surface area contributed by atoms with Gasteiger partial charge in [0.25, 0.3) is 0 Å². The summed E-state index contributed by atoms with van der Waals surface area (Å²) in [6.07, 6.45) is -0.755. The minimum atomic E-state index is -0.755. The van der Waals surface area contributed by atoms with Crippen LogP contribution in [0.3, 0.4) is 0 Å². The normalized spacial score (nSPS) is 15.1. The van der Waals surface area contributed by atoms with Crippen molar-refractivity contribution in [2.75, 3.05) is 20.4 Å². The summed E-state index contributed by atoms with van der Waals surface area (Å²) in [5, 5.41) is 9.67. The maximum atomic E-state index is 9.67. The van der Waals surface area contributed by atoms with Gasteiger partial charge in [0.1, 0.15) is 0 Å². The fraction of sp³-hybridized carbons (Fsp3) is 0.400. The minimum absolute atomic E-state index is 0.135. The highest BCUT2D eigenvalue weighted by Crippen LogP contribution is 2.44. The summed E-state index contributed by atoms with van der Waals surface area (Å²) < 4.78 is 15.6. The molecule has 3 N–H and O–H groups in total. The molecule has 0 saturated carbocycles. The lowest BCUT2D eigenvalue weighted by molar-refractivity contribution is 0.167. The Hall–Kier alpha value is -1.46. The van der Waals surface area contributed by atoms with Crippen LogP contribution in [0.15, 0.2) is 12.1 Å². The molecule has 0 spiro atoms. The number of hydrogen-bond acceptors (Lipinski definition) is 5. The lowest BCUT2D eigenvalue weighted by atomic mass is 10.1. The van der Waals surface area contributed by atoms with Crippen molar-refractivity contribution in [1.82, 2.24) is 0 Å². The Labute approximate surface area is 87.4 Å². The molecule has 1 heterocycles. The van der Waals surface area contributed by atoms with E-state index in [2.05, 4.69) is 0 Å². The highest BCUT2D eigenvalue weighted by molar-refractivity contribution is 5.57. The Balaban J connectivity index is 2.48. The van der Waals surface area contributed by atoms with Crippen LogP contribution in [-0.2, 0) is 0 Å². The molecule has 15 heavy (non-hydrogen) atoms. The van der Waals surface area contributed by atoms with Gasteiger partial charge in [-0.25, -0.2) is 0 Å². The third-order valence-corrected chi connectivity index (χ3v) is 2.31. The van der Waals surface area contributed by atoms with Crippen molar-refractivity contribution in [3.05, 3.63) is 17.7 Å². The summed E-state index contributed by atoms with van der Waals surface area (Å²) in [6, 6.07) is 3.46. The zero-order chi connectivity index (χ0) is 10.8. The molecule has 0 fully saturated rings. The van der Waals surface area contributed by atoms with E-state index in [0.29, 0.717) is 22.8 Å². The fourth-order valence-electron chi connectivity index (χ4n) is 1.56. The van der Waals surface area contributed by atoms with Gasteiger partial charge in [-0.3, -0.25) is 0 Å². The Kier molecular flexibility index (Phi) is 2.66. The SMILES string of the molecule is COc1c(C(O)CN)ccc2c1OCO2. The van der Waals surface area contributed by atoms with Crippen LogP contribution in [0.4, 0.5) is 0 Å². The van der Waals surface area contributed by atoms with Crippen LogP contribution >= 0.6 is 0 Å². The van der Waals surface area contributed by atoms with Crippen molar-refractivity contribution in [2.24, 2.45) is 5.73 Å². The van der Waals surface area contributed by atoms with E-state index >= 15 is 0 Å². The van der Waals surface area contributed by atoms with Gasteiger partial charge in [-0.1, -0.05) is 0 Å². The van der Waals surface area contributed by atoms with Crippen LogP contribution < -0.4 is 19.9 Å². The summed E-state index contributed by atoms with van der Waals surface area (Å²) in [6.45, 7) is 0.309. The van der Waals surface area contributed by atoms with Crippen molar-refractivity contribution in [3.63, 3.8) is 0 Å². The number of fused-ring (bicyclic) bond motifs is 1. The highest BCUT2D eigenvalue weighted by atomic mass is 16.7. The first-order valence-electron chi connectivity index (χ1n) is 4.62. The fourth-order valence-corrected chi connectivity index (χ4v) is 1.56. The molecule has 1 aliphatic heterocycles. The number of nitrogens with two attached hydrogens (primary N) is 1. The third-order valence-electron chi connectivity index (χ3n) is 2.31. The number of aliphatic hydroxyl groups excluding tert-OH is 1. The summed E-state index contributed by atoms with van der Waals surface area (Å²) in [5.41, 5.74) is 6.01. The predicted molar refractivity (Wildman–Crippen MR) is 53.1 cm³/mol. The lowest BCUT2D eigenvalue weighted by Gasteiger charge is -2.14. The minimum Gasteiger partial charge on any atom is -0.492 e. The molecule has 1 unspecified atom stereocenters. The molecule has 0 bridgehead atoms. The predicted octanol–water partition coefficient (Wildman–Crippen LogP) is 0.416. The second-order valence-electron chi connectivity index (χ2n) is 3.17. The van der Waals surface area contributed by atoms with Gasteiger partial charge in [-0.05, 0) is 12.1 Å². The average molecular weight is 211 g/mol. The Morgan fingerprint density at radius 2 is 2.33 bits per heavy atom. The smallest absolute Gasteiger partial charge is 0.231 e. The largest absolute Gasteiger partial charge is 0.492 e. The molecule has 1 aliphatic rings. The van der Waals surface area contributed by atoms with E-state index in [0.717, 1.165) is 0 Å². The number of rotatable bonds is 3. The van der Waals surface area contributed by atoms with Crippen molar-refractivity contribution in [1.29, 1.82) is 0 Å². The third kappa shape index (κ3) is 1.60. The first-order chi connectivity index (χ1) is 7.27. The van der Waals surface area contributed by atoms with Crippen LogP contribution in [0.1, 0.15) is 11.7 Å². The van der Waals surface area contributed by atoms with Gasteiger partial charge in [-0.2, -0.15) is 0 Å². The van der Waals surface area contributed by atoms with Crippen molar-refractivity contribution in [2.45, 2.75) is 6.10 Å². The molecule has 0 saturated heterocycles. The number of benzene rings is 1. The maximum Gasteiger partial charge on any atom is 0.231 e. The van der Waals surface area contributed by atoms with Crippen LogP contribution in [0.5, 0.6) is 17.2 Å². The van der Waals surface area contributed by atoms with E-state index < -0.39 is 6.10 Å². The van der Waals surface area contributed by atoms with Crippen LogP contribution in [0.25, 0.3) is 0 Å². The van der Waals surface area contributed by atoms with Crippen molar-refractivity contribution < 1.29 is 19.3 Å². The van der Waals surface area contributed by atoms with Gasteiger partial charge in [0.05, 0.1) is 13.2 Å². The molecule has 5 heteroatoms. The standard InChI is InChI=1S/C10H13NO4/c1-13-9-6(7(12)4-11)2-3-8-10(9)15-5-14-8/h2-3,7,12H,4-5,11H2,1H3. The Bertz CT molecular complexity index is 367. The van der Waals surface area contributed by atoms with Gasteiger partial charge in [0, 0.05) is 12.1 Å². The van der Waals surface area contributed by atoms with E-state index in [9.17, 15) is 5.11 Å². The van der Waals surface area contributed by atoms with E-state index in [-0.39, 0.29) is 13.3 Å². The van der Waals surface area contributed by atoms with Crippen LogP contribution in [-0.4, -0.2) is 25.6 Å². The quantitative estimate of drug-likeness (QED) is 0.757. The molecule has 82 valence electrons. The van der Waals surface area contributed by atoms with E-state index in [4.69, 9.17) is 19.9 Å². The maximum absolute atomic E-state index is 9.67. The van der Waals surface area contributed by atoms with E-state index in [1.807, 2.05) is 0 Å². The van der Waals surface area contributed by atoms with Crippen LogP contribution in [0.2, 0.25) is 0 Å². The second kappa shape index (κ2) is 3.96. The van der Waals surface area contributed by atoms with Gasteiger partial charge in [0.2, 0.25) is 12.5 Å². The molecule has 1 aromatic carbocycles. The summed E-state index contributed by atoms with van der Waals surface area (Å²) in [7, 11) is 1.52. The first kappa shape index (κ1) is 10.1. The molecule has 5 nitrogen and oxygen atoms in total. The molecule has 0 aliphatic carbocycles. The molecule has 0 radical (unpaired) electrons. The molecular weight excluding hydrogens is 198 g/mol. The summed E-state index contributed by atoms with van der Waals surface area (Å²) in [4.78, 5) is 0. The number of aliphatic hydroxyl groups is 1. The first-order valence-corrected chi connectivity index (χ1v) is 4.62. The van der Waals surface area contributed by atoms with E-state index in [1.54, 1.807) is 12.1 Å². The number of methoxy groups -OCH3 is 1. The average Bonchev–Trinajstić information content (AvgIpc) is 2.74. The number of hydrogen-bond donors (Lipinski definition) is 2. The van der Waals surface area contributed by atoms with Gasteiger partial charge in [-0.15, -0.1) is 0 Å². The molecule has 0 amide bonds. The van der Waals surface area contributed by atoms with Gasteiger partial charge >= 0.3 is 0 Å². The zero-order valence-corrected chi connectivity index (χ0v) is 8.40. The highest BCUT2D eigenvalue weighted by Gasteiger charge is 2.24. The monoisotopic (exact) mass is 211 g/mol. The van der Waals surface area contributed by atoms with E-state index in [1.165, 1.54) is 7.11 Å². The van der Waals surface area contributed by atoms with Crippen molar-refractivity contribution >= 4 is 0 Å². The Morgan fingerprint density at radius 1 is 1.53 bits per heavy atom. The van der Waals surface area contributed by atoms with Gasteiger partial charge < -0.3 is 25.1 Å². The Morgan fingerprint density at radius 3 is 3.00 bits per heavy atom. The molecule has 1 atom stereocenters. The summed E-state index contributed by atoms with van der Waals surface area (Å²) in [5.74, 6) is 1.64. The van der Waals surface area contributed by atoms with Crippen LogP contribution in [0, 0.1) is 0 Å². The number of ether oxygens (including phenoxy) is 3. The topological polar surface area (TPSA) is 73.9 Å². The molecular formula is C10H13NO4. The molecule has 1 aromatic rings. The zero-order valence-electron chi connectivity index (χ0n) is 8.40. The molecule has 2 rings (SSSR count).